The van der Waals surface area contributed by atoms with Gasteiger partial charge < -0.3 is 15.4 Å². The van der Waals surface area contributed by atoms with Crippen LogP contribution in [0.1, 0.15) is 23.8 Å². The topological polar surface area (TPSA) is 88.4 Å². The molecule has 1 fully saturated rings. The van der Waals surface area contributed by atoms with Crippen molar-refractivity contribution in [1.29, 1.82) is 0 Å². The standard InChI is InChI=1S/C9H16N4O2S/c1-13-2-3-16-5-7(13)8-11-9(15-12-8)6(10)4-14/h6-7,14H,2-5,10H2,1H3/t6-,7?/m0/s1. The van der Waals surface area contributed by atoms with E-state index in [2.05, 4.69) is 15.0 Å². The van der Waals surface area contributed by atoms with E-state index in [1.807, 2.05) is 18.8 Å². The van der Waals surface area contributed by atoms with E-state index in [9.17, 15) is 0 Å². The first kappa shape index (κ1) is 11.8. The van der Waals surface area contributed by atoms with Gasteiger partial charge in [-0.2, -0.15) is 16.7 Å². The molecule has 1 saturated heterocycles. The van der Waals surface area contributed by atoms with Gasteiger partial charge in [0.2, 0.25) is 5.89 Å². The van der Waals surface area contributed by atoms with Crippen molar-refractivity contribution >= 4 is 11.8 Å². The summed E-state index contributed by atoms with van der Waals surface area (Å²) < 4.78 is 5.04. The van der Waals surface area contributed by atoms with Crippen LogP contribution in [0.5, 0.6) is 0 Å². The van der Waals surface area contributed by atoms with E-state index in [0.717, 1.165) is 18.1 Å². The minimum Gasteiger partial charge on any atom is -0.394 e. The average molecular weight is 244 g/mol. The van der Waals surface area contributed by atoms with Crippen molar-refractivity contribution in [2.75, 3.05) is 31.7 Å². The second-order valence-electron chi connectivity index (χ2n) is 3.85. The average Bonchev–Trinajstić information content (AvgIpc) is 2.78. The fourth-order valence-corrected chi connectivity index (χ4v) is 2.78. The van der Waals surface area contributed by atoms with Crippen molar-refractivity contribution in [2.24, 2.45) is 5.73 Å². The Labute approximate surface area is 98.2 Å². The molecule has 1 aliphatic rings. The molecule has 1 unspecified atom stereocenters. The van der Waals surface area contributed by atoms with E-state index in [4.69, 9.17) is 15.4 Å². The molecule has 90 valence electrons. The Bertz CT molecular complexity index is 346. The minimum absolute atomic E-state index is 0.183. The van der Waals surface area contributed by atoms with E-state index >= 15 is 0 Å². The van der Waals surface area contributed by atoms with E-state index in [1.165, 1.54) is 0 Å². The minimum atomic E-state index is -0.581. The highest BCUT2D eigenvalue weighted by atomic mass is 32.2. The molecule has 2 rings (SSSR count). The van der Waals surface area contributed by atoms with Gasteiger partial charge in [0.15, 0.2) is 5.82 Å². The highest BCUT2D eigenvalue weighted by molar-refractivity contribution is 7.99. The number of nitrogens with zero attached hydrogens (tertiary/aromatic N) is 3. The van der Waals surface area contributed by atoms with E-state index in [0.29, 0.717) is 11.7 Å². The summed E-state index contributed by atoms with van der Waals surface area (Å²) in [6, 6.07) is -0.398. The van der Waals surface area contributed by atoms with E-state index < -0.39 is 6.04 Å². The molecule has 1 aromatic rings. The maximum absolute atomic E-state index is 8.89. The summed E-state index contributed by atoms with van der Waals surface area (Å²) in [7, 11) is 2.05. The smallest absolute Gasteiger partial charge is 0.245 e. The fourth-order valence-electron chi connectivity index (χ4n) is 1.57. The fraction of sp³-hybridized carbons (Fsp3) is 0.778. The number of hydrogen-bond donors (Lipinski definition) is 2. The van der Waals surface area contributed by atoms with Crippen LogP contribution in [0, 0.1) is 0 Å². The Morgan fingerprint density at radius 2 is 2.56 bits per heavy atom. The summed E-state index contributed by atoms with van der Waals surface area (Å²) in [4.78, 5) is 6.44. The Hall–Kier alpha value is -0.630. The SMILES string of the molecule is CN1CCSCC1c1noc([C@@H](N)CO)n1. The van der Waals surface area contributed by atoms with Gasteiger partial charge in [-0.3, -0.25) is 4.90 Å². The van der Waals surface area contributed by atoms with Crippen molar-refractivity contribution < 1.29 is 9.63 Å². The summed E-state index contributed by atoms with van der Waals surface area (Å²) in [5, 5.41) is 12.8. The molecule has 3 N–H and O–H groups in total. The zero-order valence-corrected chi connectivity index (χ0v) is 9.98. The molecule has 2 heterocycles. The van der Waals surface area contributed by atoms with Gasteiger partial charge in [-0.05, 0) is 7.05 Å². The third-order valence-corrected chi connectivity index (χ3v) is 3.69. The monoisotopic (exact) mass is 244 g/mol. The molecular weight excluding hydrogens is 228 g/mol. The molecule has 2 atom stereocenters. The lowest BCUT2D eigenvalue weighted by molar-refractivity contribution is 0.234. The first-order valence-corrected chi connectivity index (χ1v) is 6.35. The normalized spacial score (nSPS) is 24.6. The molecule has 0 bridgehead atoms. The molecule has 1 aromatic heterocycles. The molecule has 0 spiro atoms. The number of rotatable bonds is 3. The number of hydrogen-bond acceptors (Lipinski definition) is 7. The number of nitrogens with two attached hydrogens (primary N) is 1. The summed E-state index contributed by atoms with van der Waals surface area (Å²) in [6.45, 7) is 0.835. The van der Waals surface area contributed by atoms with Crippen LogP contribution in [0.3, 0.4) is 0 Å². The lowest BCUT2D eigenvalue weighted by atomic mass is 10.2. The van der Waals surface area contributed by atoms with Gasteiger partial charge in [-0.15, -0.1) is 0 Å². The van der Waals surface area contributed by atoms with Crippen molar-refractivity contribution in [3.63, 3.8) is 0 Å². The van der Waals surface area contributed by atoms with Crippen molar-refractivity contribution in [1.82, 2.24) is 15.0 Å². The van der Waals surface area contributed by atoms with Crippen LogP contribution in [0.2, 0.25) is 0 Å². The first-order valence-electron chi connectivity index (χ1n) is 5.20. The first-order chi connectivity index (χ1) is 7.72. The molecule has 0 amide bonds. The van der Waals surface area contributed by atoms with E-state index in [-0.39, 0.29) is 12.6 Å². The predicted molar refractivity (Wildman–Crippen MR) is 61.0 cm³/mol. The Morgan fingerprint density at radius 1 is 1.75 bits per heavy atom. The molecular formula is C9H16N4O2S. The van der Waals surface area contributed by atoms with Gasteiger partial charge >= 0.3 is 0 Å². The summed E-state index contributed by atoms with van der Waals surface area (Å²) in [5.74, 6) is 3.06. The third-order valence-electron chi connectivity index (χ3n) is 2.67. The Morgan fingerprint density at radius 3 is 3.25 bits per heavy atom. The highest BCUT2D eigenvalue weighted by Crippen LogP contribution is 2.26. The second-order valence-corrected chi connectivity index (χ2v) is 5.00. The van der Waals surface area contributed by atoms with Crippen LogP contribution >= 0.6 is 11.8 Å². The maximum atomic E-state index is 8.89. The molecule has 0 radical (unpaired) electrons. The van der Waals surface area contributed by atoms with Gasteiger partial charge in [-0.25, -0.2) is 0 Å². The number of aromatic nitrogens is 2. The van der Waals surface area contributed by atoms with Crippen LogP contribution in [-0.4, -0.2) is 51.9 Å². The lowest BCUT2D eigenvalue weighted by Gasteiger charge is -2.29. The largest absolute Gasteiger partial charge is 0.394 e. The summed E-state index contributed by atoms with van der Waals surface area (Å²) in [5.41, 5.74) is 5.61. The van der Waals surface area contributed by atoms with Gasteiger partial charge in [0, 0.05) is 18.1 Å². The predicted octanol–water partition coefficient (Wildman–Crippen LogP) is -0.219. The van der Waals surface area contributed by atoms with Crippen LogP contribution < -0.4 is 5.73 Å². The molecule has 7 heteroatoms. The van der Waals surface area contributed by atoms with Gasteiger partial charge in [0.25, 0.3) is 0 Å². The molecule has 0 aliphatic carbocycles. The molecule has 1 aliphatic heterocycles. The third kappa shape index (κ3) is 2.37. The quantitative estimate of drug-likeness (QED) is 0.760. The summed E-state index contributed by atoms with van der Waals surface area (Å²) >= 11 is 1.88. The number of aliphatic hydroxyl groups is 1. The zero-order chi connectivity index (χ0) is 11.5. The van der Waals surface area contributed by atoms with Gasteiger partial charge in [0.05, 0.1) is 12.6 Å². The van der Waals surface area contributed by atoms with Crippen LogP contribution in [0.4, 0.5) is 0 Å². The molecule has 16 heavy (non-hydrogen) atoms. The van der Waals surface area contributed by atoms with Crippen LogP contribution in [-0.2, 0) is 0 Å². The highest BCUT2D eigenvalue weighted by Gasteiger charge is 2.26. The molecule has 0 saturated carbocycles. The lowest BCUT2D eigenvalue weighted by Crippen LogP contribution is -2.33. The Kier molecular flexibility index (Phi) is 3.80. The van der Waals surface area contributed by atoms with E-state index in [1.54, 1.807) is 0 Å². The van der Waals surface area contributed by atoms with Crippen molar-refractivity contribution in [2.45, 2.75) is 12.1 Å². The number of aliphatic hydroxyl groups excluding tert-OH is 1. The summed E-state index contributed by atoms with van der Waals surface area (Å²) in [6.07, 6.45) is 0. The second kappa shape index (κ2) is 5.13. The van der Waals surface area contributed by atoms with Crippen LogP contribution in [0.25, 0.3) is 0 Å². The molecule has 6 nitrogen and oxygen atoms in total. The maximum Gasteiger partial charge on any atom is 0.245 e. The van der Waals surface area contributed by atoms with Crippen LogP contribution in [0.15, 0.2) is 4.52 Å². The zero-order valence-electron chi connectivity index (χ0n) is 9.17. The van der Waals surface area contributed by atoms with Gasteiger partial charge in [0.1, 0.15) is 6.04 Å². The number of thioether (sulfide) groups is 1. The van der Waals surface area contributed by atoms with Crippen molar-refractivity contribution in [3.8, 4) is 0 Å². The van der Waals surface area contributed by atoms with Crippen molar-refractivity contribution in [3.05, 3.63) is 11.7 Å². The molecule has 0 aromatic carbocycles. The van der Waals surface area contributed by atoms with Gasteiger partial charge in [-0.1, -0.05) is 5.16 Å². The Balaban J connectivity index is 2.11.